The molecule has 1 atom stereocenters. The molecule has 1 fully saturated rings. The third-order valence-electron chi connectivity index (χ3n) is 4.49. The lowest BCUT2D eigenvalue weighted by Gasteiger charge is -2.22. The van der Waals surface area contributed by atoms with Crippen molar-refractivity contribution >= 4 is 5.96 Å². The highest BCUT2D eigenvalue weighted by molar-refractivity contribution is 5.79. The molecule has 1 aliphatic heterocycles. The van der Waals surface area contributed by atoms with Gasteiger partial charge in [-0.1, -0.05) is 37.3 Å². The number of ether oxygens (including phenoxy) is 3. The van der Waals surface area contributed by atoms with Crippen LogP contribution >= 0.6 is 0 Å². The Morgan fingerprint density at radius 2 is 2.00 bits per heavy atom. The van der Waals surface area contributed by atoms with Gasteiger partial charge in [0, 0.05) is 40.0 Å². The molecule has 0 aromatic heterocycles. The molecule has 2 N–H and O–H groups in total. The quantitative estimate of drug-likeness (QED) is 0.353. The minimum Gasteiger partial charge on any atom is -0.381 e. The van der Waals surface area contributed by atoms with Gasteiger partial charge in [0.15, 0.2) is 5.96 Å². The minimum absolute atomic E-state index is 0.368. The summed E-state index contributed by atoms with van der Waals surface area (Å²) < 4.78 is 17.0. The monoisotopic (exact) mass is 377 g/mol. The molecular formula is C21H35N3O3. The molecular weight excluding hydrogens is 342 g/mol. The Labute approximate surface area is 163 Å². The van der Waals surface area contributed by atoms with Gasteiger partial charge in [-0.2, -0.15) is 0 Å². The van der Waals surface area contributed by atoms with Crippen LogP contribution in [-0.4, -0.2) is 58.6 Å². The van der Waals surface area contributed by atoms with Crippen LogP contribution in [-0.2, 0) is 20.8 Å². The number of aliphatic imine (C=N–C) groups is 1. The summed E-state index contributed by atoms with van der Waals surface area (Å²) >= 11 is 0. The number of guanidine groups is 1. The van der Waals surface area contributed by atoms with Crippen LogP contribution in [0.1, 0.15) is 31.7 Å². The fraction of sp³-hybridized carbons (Fsp3) is 0.667. The third kappa shape index (κ3) is 9.75. The molecule has 0 saturated carbocycles. The smallest absolute Gasteiger partial charge is 0.190 e. The third-order valence-corrected chi connectivity index (χ3v) is 4.49. The second-order valence-electron chi connectivity index (χ2n) is 7.02. The van der Waals surface area contributed by atoms with Crippen LogP contribution in [0.25, 0.3) is 0 Å². The average Bonchev–Trinajstić information content (AvgIpc) is 2.71. The zero-order valence-corrected chi connectivity index (χ0v) is 16.8. The van der Waals surface area contributed by atoms with Crippen molar-refractivity contribution < 1.29 is 14.2 Å². The van der Waals surface area contributed by atoms with E-state index in [-0.39, 0.29) is 0 Å². The van der Waals surface area contributed by atoms with Crippen LogP contribution in [0.3, 0.4) is 0 Å². The molecule has 1 aromatic rings. The Hall–Kier alpha value is -1.63. The van der Waals surface area contributed by atoms with Crippen LogP contribution in [0.2, 0.25) is 0 Å². The van der Waals surface area contributed by atoms with Gasteiger partial charge in [0.05, 0.1) is 19.3 Å². The van der Waals surface area contributed by atoms with Crippen LogP contribution in [0, 0.1) is 5.92 Å². The molecule has 0 aliphatic carbocycles. The van der Waals surface area contributed by atoms with Gasteiger partial charge in [0.25, 0.3) is 0 Å². The Balaban J connectivity index is 1.48. The number of nitrogens with zero attached hydrogens (tertiary/aromatic N) is 1. The summed E-state index contributed by atoms with van der Waals surface area (Å²) in [6.45, 7) is 7.66. The lowest BCUT2D eigenvalue weighted by atomic mass is 10.1. The number of hydrogen-bond donors (Lipinski definition) is 2. The summed E-state index contributed by atoms with van der Waals surface area (Å²) in [5, 5.41) is 6.70. The van der Waals surface area contributed by atoms with Crippen molar-refractivity contribution in [1.29, 1.82) is 0 Å². The van der Waals surface area contributed by atoms with Crippen molar-refractivity contribution in [2.45, 2.75) is 38.9 Å². The van der Waals surface area contributed by atoms with E-state index < -0.39 is 0 Å². The molecule has 6 heteroatoms. The minimum atomic E-state index is 0.368. The van der Waals surface area contributed by atoms with Gasteiger partial charge in [0.2, 0.25) is 0 Å². The largest absolute Gasteiger partial charge is 0.381 e. The standard InChI is InChI=1S/C21H35N3O3/c1-18(16-26-17-19-7-4-3-5-8-19)15-24-21(22-2)23-11-6-12-27-20-9-13-25-14-10-20/h3-5,7-8,18,20H,6,9-17H2,1-2H3,(H2,22,23,24). The van der Waals surface area contributed by atoms with Crippen molar-refractivity contribution in [2.75, 3.05) is 46.6 Å². The predicted molar refractivity (Wildman–Crippen MR) is 109 cm³/mol. The Kier molecular flexibility index (Phi) is 10.9. The van der Waals surface area contributed by atoms with E-state index in [1.807, 2.05) is 18.2 Å². The zero-order chi connectivity index (χ0) is 19.2. The maximum absolute atomic E-state index is 5.88. The molecule has 0 spiro atoms. The van der Waals surface area contributed by atoms with Crippen molar-refractivity contribution in [2.24, 2.45) is 10.9 Å². The first-order valence-corrected chi connectivity index (χ1v) is 10.0. The lowest BCUT2D eigenvalue weighted by molar-refractivity contribution is -0.0320. The van der Waals surface area contributed by atoms with E-state index in [1.54, 1.807) is 7.05 Å². The highest BCUT2D eigenvalue weighted by Crippen LogP contribution is 2.10. The number of benzene rings is 1. The summed E-state index contributed by atoms with van der Waals surface area (Å²) in [4.78, 5) is 4.27. The van der Waals surface area contributed by atoms with Crippen LogP contribution in [0.5, 0.6) is 0 Å². The lowest BCUT2D eigenvalue weighted by Crippen LogP contribution is -2.40. The molecule has 0 bridgehead atoms. The molecule has 2 rings (SSSR count). The van der Waals surface area contributed by atoms with Gasteiger partial charge in [-0.3, -0.25) is 4.99 Å². The molecule has 1 heterocycles. The topological polar surface area (TPSA) is 64.1 Å². The summed E-state index contributed by atoms with van der Waals surface area (Å²) in [6.07, 6.45) is 3.36. The summed E-state index contributed by atoms with van der Waals surface area (Å²) in [5.74, 6) is 1.24. The number of hydrogen-bond acceptors (Lipinski definition) is 4. The molecule has 1 aliphatic rings. The molecule has 1 saturated heterocycles. The first kappa shape index (κ1) is 21.7. The van der Waals surface area contributed by atoms with Crippen LogP contribution in [0.15, 0.2) is 35.3 Å². The summed E-state index contributed by atoms with van der Waals surface area (Å²) in [6, 6.07) is 10.3. The fourth-order valence-electron chi connectivity index (χ4n) is 2.87. The van der Waals surface area contributed by atoms with Crippen molar-refractivity contribution in [3.05, 3.63) is 35.9 Å². The van der Waals surface area contributed by atoms with Crippen LogP contribution in [0.4, 0.5) is 0 Å². The second-order valence-corrected chi connectivity index (χ2v) is 7.02. The summed E-state index contributed by atoms with van der Waals surface area (Å²) in [7, 11) is 1.80. The predicted octanol–water partition coefficient (Wildman–Crippen LogP) is 2.59. The van der Waals surface area contributed by atoms with E-state index >= 15 is 0 Å². The first-order valence-electron chi connectivity index (χ1n) is 10.0. The molecule has 1 aromatic carbocycles. The van der Waals surface area contributed by atoms with E-state index in [9.17, 15) is 0 Å². The summed E-state index contributed by atoms with van der Waals surface area (Å²) in [5.41, 5.74) is 1.21. The number of rotatable bonds is 11. The van der Waals surface area contributed by atoms with E-state index in [4.69, 9.17) is 14.2 Å². The van der Waals surface area contributed by atoms with Gasteiger partial charge in [-0.25, -0.2) is 0 Å². The molecule has 0 amide bonds. The Morgan fingerprint density at radius 3 is 2.74 bits per heavy atom. The van der Waals surface area contributed by atoms with Gasteiger partial charge < -0.3 is 24.8 Å². The van der Waals surface area contributed by atoms with Crippen molar-refractivity contribution in [3.63, 3.8) is 0 Å². The Bertz CT molecular complexity index is 519. The van der Waals surface area contributed by atoms with Crippen LogP contribution < -0.4 is 10.6 Å². The van der Waals surface area contributed by atoms with E-state index in [0.29, 0.717) is 18.6 Å². The molecule has 27 heavy (non-hydrogen) atoms. The zero-order valence-electron chi connectivity index (χ0n) is 16.8. The molecule has 0 radical (unpaired) electrons. The van der Waals surface area contributed by atoms with Gasteiger partial charge in [-0.15, -0.1) is 0 Å². The number of nitrogens with one attached hydrogen (secondary N) is 2. The molecule has 152 valence electrons. The van der Waals surface area contributed by atoms with Crippen molar-refractivity contribution in [3.8, 4) is 0 Å². The normalized spacial score (nSPS) is 16.9. The highest BCUT2D eigenvalue weighted by atomic mass is 16.5. The first-order chi connectivity index (χ1) is 13.3. The fourth-order valence-corrected chi connectivity index (χ4v) is 2.87. The maximum Gasteiger partial charge on any atom is 0.190 e. The van der Waals surface area contributed by atoms with E-state index in [2.05, 4.69) is 34.7 Å². The highest BCUT2D eigenvalue weighted by Gasteiger charge is 2.13. The second kappa shape index (κ2) is 13.5. The SMILES string of the molecule is CN=C(NCCCOC1CCOCC1)NCC(C)COCc1ccccc1. The van der Waals surface area contributed by atoms with E-state index in [0.717, 1.165) is 64.7 Å². The molecule has 6 nitrogen and oxygen atoms in total. The van der Waals surface area contributed by atoms with Gasteiger partial charge in [0.1, 0.15) is 0 Å². The average molecular weight is 378 g/mol. The molecule has 1 unspecified atom stereocenters. The van der Waals surface area contributed by atoms with E-state index in [1.165, 1.54) is 5.56 Å². The maximum atomic E-state index is 5.88. The van der Waals surface area contributed by atoms with Crippen molar-refractivity contribution in [1.82, 2.24) is 10.6 Å². The van der Waals surface area contributed by atoms with Gasteiger partial charge in [-0.05, 0) is 30.7 Å². The Morgan fingerprint density at radius 1 is 1.22 bits per heavy atom. The van der Waals surface area contributed by atoms with Gasteiger partial charge >= 0.3 is 0 Å².